The number of hydrogen-bond acceptors (Lipinski definition) is 17. The average molecular weight is 1230 g/mol. The summed E-state index contributed by atoms with van der Waals surface area (Å²) in [7, 11) is -15.4. The zero-order chi connectivity index (χ0) is 61.4. The number of allylic oxidation sites excluding steroid dienone is 2. The molecule has 1 aliphatic carbocycles. The van der Waals surface area contributed by atoms with Gasteiger partial charge in [-0.3, -0.25) is 42.7 Å². The van der Waals surface area contributed by atoms with Gasteiger partial charge in [-0.05, 0) is 68.9 Å². The first-order chi connectivity index (χ1) is 40.2. The highest BCUT2D eigenvalue weighted by Crippen LogP contribution is 2.48. The lowest BCUT2D eigenvalue weighted by molar-refractivity contribution is -0.161. The van der Waals surface area contributed by atoms with E-state index in [1.165, 1.54) is 120 Å². The van der Waals surface area contributed by atoms with E-state index in [-0.39, 0.29) is 47.0 Å². The first-order valence-corrected chi connectivity index (χ1v) is 34.1. The van der Waals surface area contributed by atoms with Crippen molar-refractivity contribution in [1.29, 1.82) is 5.41 Å². The maximum absolute atomic E-state index is 13.8. The largest absolute Gasteiger partial charge is 0.472 e. The van der Waals surface area contributed by atoms with Crippen LogP contribution in [0.5, 0.6) is 5.75 Å². The summed E-state index contributed by atoms with van der Waals surface area (Å²) in [6.45, 7) is 2.17. The Morgan fingerprint density at radius 1 is 0.679 bits per heavy atom. The molecule has 21 nitrogen and oxygen atoms in total. The number of nitrogens with two attached hydrogens (primary N) is 1. The number of anilines is 1. The molecule has 2 aromatic carbocycles. The van der Waals surface area contributed by atoms with Gasteiger partial charge in [0, 0.05) is 41.5 Å². The highest BCUT2D eigenvalue weighted by Gasteiger charge is 2.33. The van der Waals surface area contributed by atoms with Crippen molar-refractivity contribution in [3.63, 3.8) is 0 Å². The van der Waals surface area contributed by atoms with Gasteiger partial charge in [-0.25, -0.2) is 4.57 Å². The topological polar surface area (TPSA) is 336 Å². The molecule has 2 atom stereocenters. The first kappa shape index (κ1) is 71.0. The van der Waals surface area contributed by atoms with Gasteiger partial charge in [0.1, 0.15) is 6.61 Å². The van der Waals surface area contributed by atoms with Crippen molar-refractivity contribution in [2.45, 2.75) is 210 Å². The summed E-state index contributed by atoms with van der Waals surface area (Å²) >= 11 is 0. The molecule has 468 valence electrons. The van der Waals surface area contributed by atoms with E-state index in [2.05, 4.69) is 31.3 Å². The second-order valence-electron chi connectivity index (χ2n) is 21.0. The van der Waals surface area contributed by atoms with Crippen molar-refractivity contribution in [3.05, 3.63) is 65.5 Å². The maximum Gasteiger partial charge on any atom is 0.472 e. The summed E-state index contributed by atoms with van der Waals surface area (Å²) < 4.78 is 117. The molecule has 2 aromatic rings. The Bertz CT molecular complexity index is 3060. The summed E-state index contributed by atoms with van der Waals surface area (Å²) in [5.74, 6) is -3.31. The highest BCUT2D eigenvalue weighted by atomic mass is 32.2. The van der Waals surface area contributed by atoms with Gasteiger partial charge in [-0.15, -0.1) is 0 Å². The maximum atomic E-state index is 13.8. The average Bonchev–Trinajstić information content (AvgIpc) is 0.979. The Kier molecular flexibility index (Phi) is 31.9. The molecule has 0 aromatic heterocycles. The fraction of sp³-hybridized carbons (Fsp3) is 0.583. The van der Waals surface area contributed by atoms with Crippen LogP contribution in [0.1, 0.15) is 204 Å². The number of esters is 2. The number of carbonyl (C=O) groups excluding carboxylic acids is 4. The minimum atomic E-state index is -5.27. The third-order valence-electron chi connectivity index (χ3n) is 14.1. The van der Waals surface area contributed by atoms with Crippen molar-refractivity contribution < 1.29 is 82.3 Å². The van der Waals surface area contributed by atoms with Crippen LogP contribution in [-0.4, -0.2) is 87.6 Å². The molecule has 0 saturated heterocycles. The summed E-state index contributed by atoms with van der Waals surface area (Å²) in [5.41, 5.74) is 3.80. The minimum absolute atomic E-state index is 0.0336. The number of unbranched alkanes of at least 4 members (excludes halogenated alkanes) is 23. The molecular weight excluding hydrogens is 1150 g/mol. The second kappa shape index (κ2) is 37.8. The fourth-order valence-electron chi connectivity index (χ4n) is 9.77. The number of nitrogen functional groups attached to an aromatic ring is 1. The number of para-hydroxylation sites is 1. The number of ether oxygens (including phenoxy) is 3. The zero-order valence-electron chi connectivity index (χ0n) is 48.8. The number of carbonyl (C=O) groups is 4. The number of benzene rings is 3. The van der Waals surface area contributed by atoms with Crippen LogP contribution in [-0.2, 0) is 57.7 Å². The van der Waals surface area contributed by atoms with Crippen LogP contribution in [0.4, 0.5) is 5.69 Å². The normalized spacial score (nSPS) is 13.1. The van der Waals surface area contributed by atoms with Gasteiger partial charge >= 0.3 is 19.8 Å². The Balaban J connectivity index is 1.37. The fourth-order valence-corrected chi connectivity index (χ4v) is 12.0. The summed E-state index contributed by atoms with van der Waals surface area (Å²) in [6, 6.07) is 8.35. The third-order valence-corrected chi connectivity index (χ3v) is 17.0. The summed E-state index contributed by atoms with van der Waals surface area (Å²) in [4.78, 5) is 60.2. The lowest BCUT2D eigenvalue weighted by atomic mass is 9.91. The molecule has 0 saturated carbocycles. The quantitative estimate of drug-likeness (QED) is 0.00350. The standard InChI is InChI=1S/C60H88N3O18PS2/c1-3-5-7-9-11-13-15-17-18-20-22-24-26-28-30-35-53(66)80-45(42-76-52(65)34-29-27-25-23-21-19-16-14-12-10-8-6-4-2)43-79-82(68,69)78-41-40-63-60(67)49-33-31-32-46(55(49)77-44-64)54-47-36-38-50(61)58(83(70,71)72)56(47)81-57-48(54)37-39-51(62)59(57)84(73,74)75/h17-18,31-33,36-39,44-45,61H,3-16,19-30,34-35,40-43,62H2,1-2H3,(H,63,67)(H,68,69)(H,70,71,72)(H,73,74,75)/b18-17-,61-50?/t45-/m1/s1. The SMILES string of the molecule is CCCCCCCC/C=C\CCCCCCCC(=O)O[C@H](COC(=O)CCCCCCCCCCCCCCC)COP(=O)(O)OCCNC(=O)c1cccc(-c2c3ccc(=N)c(S(=O)(=O)O)c-3oc3c(S(=O)(=O)O)c(N)ccc23)c1OC=O. The summed E-state index contributed by atoms with van der Waals surface area (Å²) in [5, 5.41) is 9.76. The molecule has 2 aliphatic rings. The molecule has 1 heterocycles. The smallest absolute Gasteiger partial charge is 0.462 e. The van der Waals surface area contributed by atoms with Crippen LogP contribution in [0.2, 0.25) is 0 Å². The number of nitrogens with one attached hydrogen (secondary N) is 2. The van der Waals surface area contributed by atoms with E-state index < -0.39 is 116 Å². The van der Waals surface area contributed by atoms with Crippen molar-refractivity contribution in [1.82, 2.24) is 5.32 Å². The van der Waals surface area contributed by atoms with E-state index in [0.29, 0.717) is 12.8 Å². The van der Waals surface area contributed by atoms with Crippen LogP contribution in [0.25, 0.3) is 33.4 Å². The van der Waals surface area contributed by atoms with E-state index in [1.807, 2.05) is 0 Å². The summed E-state index contributed by atoms with van der Waals surface area (Å²) in [6.07, 6.45) is 32.4. The highest BCUT2D eigenvalue weighted by molar-refractivity contribution is 7.86. The van der Waals surface area contributed by atoms with Crippen LogP contribution >= 0.6 is 7.82 Å². The van der Waals surface area contributed by atoms with E-state index in [4.69, 9.17) is 38.8 Å². The van der Waals surface area contributed by atoms with Crippen LogP contribution in [0.3, 0.4) is 0 Å². The molecule has 0 spiro atoms. The van der Waals surface area contributed by atoms with E-state index in [1.54, 1.807) is 0 Å². The van der Waals surface area contributed by atoms with Gasteiger partial charge in [0.25, 0.3) is 32.6 Å². The monoisotopic (exact) mass is 1230 g/mol. The minimum Gasteiger partial charge on any atom is -0.462 e. The second-order valence-corrected chi connectivity index (χ2v) is 25.1. The Labute approximate surface area is 495 Å². The van der Waals surface area contributed by atoms with Crippen molar-refractivity contribution >= 4 is 69.0 Å². The molecule has 1 amide bonds. The Morgan fingerprint density at radius 2 is 1.21 bits per heavy atom. The number of amides is 1. The zero-order valence-corrected chi connectivity index (χ0v) is 51.3. The molecular formula is C60H88N3O18PS2. The van der Waals surface area contributed by atoms with Crippen LogP contribution in [0.15, 0.2) is 68.8 Å². The molecule has 1 unspecified atom stereocenters. The number of rotatable bonds is 45. The van der Waals surface area contributed by atoms with Gasteiger partial charge in [0.2, 0.25) is 0 Å². The number of phosphoric ester groups is 1. The van der Waals surface area contributed by atoms with Gasteiger partial charge in [0.05, 0.1) is 29.8 Å². The third kappa shape index (κ3) is 24.8. The van der Waals surface area contributed by atoms with Gasteiger partial charge in [-0.2, -0.15) is 16.8 Å². The lowest BCUT2D eigenvalue weighted by Gasteiger charge is -2.21. The van der Waals surface area contributed by atoms with Crippen LogP contribution < -0.4 is 21.1 Å². The predicted octanol–water partition coefficient (Wildman–Crippen LogP) is 13.1. The molecule has 0 fully saturated rings. The molecule has 24 heteroatoms. The first-order valence-electron chi connectivity index (χ1n) is 29.7. The number of fused-ring (bicyclic) bond motifs is 2. The van der Waals surface area contributed by atoms with E-state index >= 15 is 0 Å². The molecule has 7 N–H and O–H groups in total. The Morgan fingerprint density at radius 3 is 1.76 bits per heavy atom. The van der Waals surface area contributed by atoms with Gasteiger partial charge in [0.15, 0.2) is 33.0 Å². The van der Waals surface area contributed by atoms with Crippen LogP contribution in [0, 0.1) is 5.41 Å². The van der Waals surface area contributed by atoms with Crippen molar-refractivity contribution in [2.75, 3.05) is 32.1 Å². The molecule has 4 rings (SSSR count). The van der Waals surface area contributed by atoms with Gasteiger partial charge < -0.3 is 34.6 Å². The van der Waals surface area contributed by atoms with E-state index in [0.717, 1.165) is 76.3 Å². The molecule has 0 bridgehead atoms. The predicted molar refractivity (Wildman–Crippen MR) is 320 cm³/mol. The molecule has 84 heavy (non-hydrogen) atoms. The number of hydrogen-bond donors (Lipinski definition) is 6. The van der Waals surface area contributed by atoms with Crippen molar-refractivity contribution in [2.24, 2.45) is 0 Å². The van der Waals surface area contributed by atoms with E-state index in [9.17, 15) is 54.6 Å². The lowest BCUT2D eigenvalue weighted by Crippen LogP contribution is -2.30. The molecule has 0 radical (unpaired) electrons. The number of phosphoric acid groups is 1. The van der Waals surface area contributed by atoms with Crippen molar-refractivity contribution in [3.8, 4) is 28.2 Å². The van der Waals surface area contributed by atoms with Gasteiger partial charge in [-0.1, -0.05) is 167 Å². The Hall–Kier alpha value is -5.52. The molecule has 1 aliphatic heterocycles.